The van der Waals surface area contributed by atoms with Gasteiger partial charge in [-0.15, -0.1) is 0 Å². The molecule has 1 aromatic carbocycles. The van der Waals surface area contributed by atoms with E-state index in [2.05, 4.69) is 20.9 Å². The maximum Gasteiger partial charge on any atom is 0.196 e. The second-order valence-corrected chi connectivity index (χ2v) is 3.32. The third-order valence-electron chi connectivity index (χ3n) is 1.78. The minimum Gasteiger partial charge on any atom is -0.360 e. The first-order valence-electron chi connectivity index (χ1n) is 3.42. The summed E-state index contributed by atoms with van der Waals surface area (Å²) < 4.78 is 38.6. The maximum atomic E-state index is 13.0. The van der Waals surface area contributed by atoms with Gasteiger partial charge < -0.3 is 4.98 Å². The quantitative estimate of drug-likeness (QED) is 0.545. The molecule has 0 bridgehead atoms. The SMILES string of the molecule is Fc1c(F)c(Br)c2[nH]ccc2c1F. The summed E-state index contributed by atoms with van der Waals surface area (Å²) in [6.07, 6.45) is 1.41. The van der Waals surface area contributed by atoms with E-state index in [1.807, 2.05) is 0 Å². The molecule has 5 heteroatoms. The highest BCUT2D eigenvalue weighted by Gasteiger charge is 2.18. The number of aromatic nitrogens is 1. The van der Waals surface area contributed by atoms with E-state index in [0.717, 1.165) is 0 Å². The lowest BCUT2D eigenvalue weighted by atomic mass is 10.2. The molecule has 13 heavy (non-hydrogen) atoms. The van der Waals surface area contributed by atoms with Gasteiger partial charge in [0.25, 0.3) is 0 Å². The highest BCUT2D eigenvalue weighted by molar-refractivity contribution is 9.10. The van der Waals surface area contributed by atoms with Crippen molar-refractivity contribution in [2.24, 2.45) is 0 Å². The van der Waals surface area contributed by atoms with Crippen molar-refractivity contribution in [2.75, 3.05) is 0 Å². The number of nitrogens with one attached hydrogen (secondary N) is 1. The van der Waals surface area contributed by atoms with Crippen molar-refractivity contribution in [1.29, 1.82) is 0 Å². The lowest BCUT2D eigenvalue weighted by Gasteiger charge is -2.00. The standard InChI is InChI=1S/C8H3BrF3N/c9-4-6(11)7(12)5(10)3-1-2-13-8(3)4/h1-2,13H. The minimum absolute atomic E-state index is 0.0331. The zero-order valence-electron chi connectivity index (χ0n) is 6.17. The van der Waals surface area contributed by atoms with Gasteiger partial charge in [-0.1, -0.05) is 0 Å². The Kier molecular flexibility index (Phi) is 1.83. The number of hydrogen-bond donors (Lipinski definition) is 1. The Morgan fingerprint density at radius 3 is 2.46 bits per heavy atom. The summed E-state index contributed by atoms with van der Waals surface area (Å²) in [6.45, 7) is 0. The molecular weight excluding hydrogens is 247 g/mol. The van der Waals surface area contributed by atoms with Crippen LogP contribution in [0.5, 0.6) is 0 Å². The molecule has 1 nitrogen and oxygen atoms in total. The van der Waals surface area contributed by atoms with Gasteiger partial charge in [0, 0.05) is 11.6 Å². The molecule has 68 valence electrons. The van der Waals surface area contributed by atoms with Crippen LogP contribution in [0.25, 0.3) is 10.9 Å². The van der Waals surface area contributed by atoms with E-state index in [1.165, 1.54) is 12.3 Å². The lowest BCUT2D eigenvalue weighted by Crippen LogP contribution is -1.93. The van der Waals surface area contributed by atoms with Crippen LogP contribution in [0.2, 0.25) is 0 Å². The van der Waals surface area contributed by atoms with E-state index < -0.39 is 17.5 Å². The van der Waals surface area contributed by atoms with Crippen molar-refractivity contribution in [2.45, 2.75) is 0 Å². The van der Waals surface area contributed by atoms with Gasteiger partial charge in [-0.25, -0.2) is 13.2 Å². The van der Waals surface area contributed by atoms with E-state index in [-0.39, 0.29) is 15.4 Å². The fourth-order valence-electron chi connectivity index (χ4n) is 1.15. The lowest BCUT2D eigenvalue weighted by molar-refractivity contribution is 0.451. The average Bonchev–Trinajstić information content (AvgIpc) is 2.59. The number of fused-ring (bicyclic) bond motifs is 1. The van der Waals surface area contributed by atoms with Gasteiger partial charge in [0.1, 0.15) is 0 Å². The second kappa shape index (κ2) is 2.77. The molecule has 0 radical (unpaired) electrons. The summed E-state index contributed by atoms with van der Waals surface area (Å²) in [5.41, 5.74) is 0.219. The first-order chi connectivity index (χ1) is 6.13. The van der Waals surface area contributed by atoms with E-state index in [1.54, 1.807) is 0 Å². The molecule has 0 saturated heterocycles. The monoisotopic (exact) mass is 249 g/mol. The van der Waals surface area contributed by atoms with Crippen LogP contribution in [0.4, 0.5) is 13.2 Å². The summed E-state index contributed by atoms with van der Waals surface area (Å²) in [4.78, 5) is 2.60. The zero-order chi connectivity index (χ0) is 9.59. The van der Waals surface area contributed by atoms with Gasteiger partial charge in [0.2, 0.25) is 0 Å². The van der Waals surface area contributed by atoms with Gasteiger partial charge in [0.15, 0.2) is 17.5 Å². The zero-order valence-corrected chi connectivity index (χ0v) is 7.75. The molecule has 1 heterocycles. The van der Waals surface area contributed by atoms with E-state index in [4.69, 9.17) is 0 Å². The topological polar surface area (TPSA) is 15.8 Å². The van der Waals surface area contributed by atoms with Gasteiger partial charge in [-0.3, -0.25) is 0 Å². The molecule has 0 aliphatic carbocycles. The Bertz CT molecular complexity index is 436. The number of aromatic amines is 1. The number of halogens is 4. The van der Waals surface area contributed by atoms with Crippen LogP contribution in [-0.2, 0) is 0 Å². The molecule has 1 N–H and O–H groups in total. The number of hydrogen-bond acceptors (Lipinski definition) is 0. The summed E-state index contributed by atoms with van der Waals surface area (Å²) in [5, 5.41) is 0.0331. The largest absolute Gasteiger partial charge is 0.360 e. The Morgan fingerprint density at radius 2 is 1.77 bits per heavy atom. The predicted molar refractivity (Wildman–Crippen MR) is 45.9 cm³/mol. The van der Waals surface area contributed by atoms with Crippen LogP contribution in [0.1, 0.15) is 0 Å². The molecular formula is C8H3BrF3N. The van der Waals surface area contributed by atoms with Crippen molar-refractivity contribution in [1.82, 2.24) is 4.98 Å². The molecule has 2 rings (SSSR count). The average molecular weight is 250 g/mol. The number of H-pyrrole nitrogens is 1. The van der Waals surface area contributed by atoms with Crippen LogP contribution in [0.15, 0.2) is 16.7 Å². The highest BCUT2D eigenvalue weighted by Crippen LogP contribution is 2.30. The van der Waals surface area contributed by atoms with Gasteiger partial charge >= 0.3 is 0 Å². The van der Waals surface area contributed by atoms with E-state index >= 15 is 0 Å². The van der Waals surface area contributed by atoms with Crippen LogP contribution in [0.3, 0.4) is 0 Å². The van der Waals surface area contributed by atoms with Gasteiger partial charge in [-0.2, -0.15) is 0 Å². The van der Waals surface area contributed by atoms with Crippen LogP contribution < -0.4 is 0 Å². The first-order valence-corrected chi connectivity index (χ1v) is 4.21. The summed E-state index contributed by atoms with van der Waals surface area (Å²) in [5.74, 6) is -3.84. The number of benzene rings is 1. The molecule has 1 aromatic heterocycles. The Hall–Kier alpha value is -0.970. The predicted octanol–water partition coefficient (Wildman–Crippen LogP) is 3.35. The van der Waals surface area contributed by atoms with Crippen LogP contribution in [0, 0.1) is 17.5 Å². The highest BCUT2D eigenvalue weighted by atomic mass is 79.9. The smallest absolute Gasteiger partial charge is 0.196 e. The molecule has 0 saturated carbocycles. The van der Waals surface area contributed by atoms with Gasteiger partial charge in [-0.05, 0) is 22.0 Å². The maximum absolute atomic E-state index is 13.0. The van der Waals surface area contributed by atoms with Crippen molar-refractivity contribution in [3.05, 3.63) is 34.2 Å². The molecule has 0 aliphatic heterocycles. The third kappa shape index (κ3) is 1.07. The Labute approximate surface area is 79.7 Å². The Morgan fingerprint density at radius 1 is 1.08 bits per heavy atom. The second-order valence-electron chi connectivity index (χ2n) is 2.52. The molecule has 0 unspecified atom stereocenters. The first kappa shape index (κ1) is 8.62. The molecule has 0 fully saturated rings. The molecule has 2 aromatic rings. The van der Waals surface area contributed by atoms with Crippen molar-refractivity contribution >= 4 is 26.8 Å². The Balaban J connectivity index is 3.02. The van der Waals surface area contributed by atoms with E-state index in [9.17, 15) is 13.2 Å². The van der Waals surface area contributed by atoms with Crippen molar-refractivity contribution in [3.63, 3.8) is 0 Å². The summed E-state index contributed by atoms with van der Waals surface area (Å²) in [6, 6.07) is 1.35. The minimum atomic E-state index is -1.46. The summed E-state index contributed by atoms with van der Waals surface area (Å²) in [7, 11) is 0. The fourth-order valence-corrected chi connectivity index (χ4v) is 1.66. The van der Waals surface area contributed by atoms with Crippen LogP contribution >= 0.6 is 15.9 Å². The summed E-state index contributed by atoms with van der Waals surface area (Å²) >= 11 is 2.83. The third-order valence-corrected chi connectivity index (χ3v) is 2.53. The van der Waals surface area contributed by atoms with Crippen LogP contribution in [-0.4, -0.2) is 4.98 Å². The molecule has 0 spiro atoms. The van der Waals surface area contributed by atoms with Gasteiger partial charge in [0.05, 0.1) is 9.99 Å². The van der Waals surface area contributed by atoms with Crippen molar-refractivity contribution < 1.29 is 13.2 Å². The number of rotatable bonds is 0. The molecule has 0 amide bonds. The normalized spacial score (nSPS) is 11.1. The fraction of sp³-hybridized carbons (Fsp3) is 0. The molecule has 0 atom stereocenters. The molecule has 0 aliphatic rings. The van der Waals surface area contributed by atoms with Crippen molar-refractivity contribution in [3.8, 4) is 0 Å². The van der Waals surface area contributed by atoms with E-state index in [0.29, 0.717) is 0 Å².